The SMILES string of the molecule is CC(C)NC(C(=O)N1Cc2ccc(F)cc2C1)C1(C)CCCCC1. The van der Waals surface area contributed by atoms with Gasteiger partial charge < -0.3 is 10.2 Å². The van der Waals surface area contributed by atoms with Gasteiger partial charge in [0.15, 0.2) is 0 Å². The zero-order valence-electron chi connectivity index (χ0n) is 15.1. The third-order valence-electron chi connectivity index (χ3n) is 5.64. The van der Waals surface area contributed by atoms with Crippen LogP contribution < -0.4 is 5.32 Å². The van der Waals surface area contributed by atoms with Crippen LogP contribution in [0.25, 0.3) is 0 Å². The molecule has 0 spiro atoms. The Morgan fingerprint density at radius 3 is 2.50 bits per heavy atom. The highest BCUT2D eigenvalue weighted by molar-refractivity contribution is 5.83. The molecule has 1 amide bonds. The van der Waals surface area contributed by atoms with Crippen molar-refractivity contribution in [1.82, 2.24) is 10.2 Å². The van der Waals surface area contributed by atoms with E-state index in [1.165, 1.54) is 25.3 Å². The number of nitrogens with one attached hydrogen (secondary N) is 1. The summed E-state index contributed by atoms with van der Waals surface area (Å²) in [6, 6.07) is 4.97. The average Bonchev–Trinajstić information content (AvgIpc) is 2.95. The van der Waals surface area contributed by atoms with Gasteiger partial charge in [-0.2, -0.15) is 0 Å². The highest BCUT2D eigenvalue weighted by atomic mass is 19.1. The Hall–Kier alpha value is -1.42. The lowest BCUT2D eigenvalue weighted by molar-refractivity contribution is -0.138. The molecule has 1 heterocycles. The van der Waals surface area contributed by atoms with Crippen LogP contribution in [0.2, 0.25) is 0 Å². The lowest BCUT2D eigenvalue weighted by atomic mass is 9.70. The number of carbonyl (C=O) groups is 1. The van der Waals surface area contributed by atoms with E-state index in [1.54, 1.807) is 6.07 Å². The Bertz CT molecular complexity index is 608. The minimum absolute atomic E-state index is 0.0135. The van der Waals surface area contributed by atoms with Crippen LogP contribution in [-0.2, 0) is 17.9 Å². The molecule has 0 radical (unpaired) electrons. The zero-order chi connectivity index (χ0) is 17.3. The first-order valence-electron chi connectivity index (χ1n) is 9.21. The van der Waals surface area contributed by atoms with E-state index in [2.05, 4.69) is 26.1 Å². The van der Waals surface area contributed by atoms with Crippen LogP contribution in [0.15, 0.2) is 18.2 Å². The molecule has 1 fully saturated rings. The van der Waals surface area contributed by atoms with Gasteiger partial charge >= 0.3 is 0 Å². The molecule has 1 aliphatic carbocycles. The fourth-order valence-electron chi connectivity index (χ4n) is 4.25. The van der Waals surface area contributed by atoms with E-state index in [4.69, 9.17) is 0 Å². The third kappa shape index (κ3) is 3.49. The second-order valence-electron chi connectivity index (χ2n) is 8.08. The molecule has 1 aromatic rings. The molecule has 3 nitrogen and oxygen atoms in total. The Morgan fingerprint density at radius 2 is 1.83 bits per heavy atom. The molecule has 0 bridgehead atoms. The summed E-state index contributed by atoms with van der Waals surface area (Å²) in [6.07, 6.45) is 5.86. The molecule has 1 N–H and O–H groups in total. The Labute approximate surface area is 144 Å². The Balaban J connectivity index is 1.79. The van der Waals surface area contributed by atoms with Crippen LogP contribution in [0, 0.1) is 11.2 Å². The molecule has 1 aromatic carbocycles. The predicted molar refractivity (Wildman–Crippen MR) is 93.9 cm³/mol. The van der Waals surface area contributed by atoms with E-state index in [1.807, 2.05) is 11.0 Å². The second-order valence-corrected chi connectivity index (χ2v) is 8.08. The maximum absolute atomic E-state index is 13.5. The lowest BCUT2D eigenvalue weighted by Gasteiger charge is -2.42. The number of hydrogen-bond acceptors (Lipinski definition) is 2. The summed E-state index contributed by atoms with van der Waals surface area (Å²) in [7, 11) is 0. The first-order chi connectivity index (χ1) is 11.4. The number of halogens is 1. The van der Waals surface area contributed by atoms with Crippen LogP contribution >= 0.6 is 0 Å². The number of fused-ring (bicyclic) bond motifs is 1. The number of carbonyl (C=O) groups excluding carboxylic acids is 1. The van der Waals surface area contributed by atoms with E-state index in [9.17, 15) is 9.18 Å². The van der Waals surface area contributed by atoms with Crippen molar-refractivity contribution in [1.29, 1.82) is 0 Å². The van der Waals surface area contributed by atoms with Crippen LogP contribution in [0.4, 0.5) is 4.39 Å². The van der Waals surface area contributed by atoms with Crippen molar-refractivity contribution in [2.24, 2.45) is 5.41 Å². The summed E-state index contributed by atoms with van der Waals surface area (Å²) in [4.78, 5) is 15.2. The maximum Gasteiger partial charge on any atom is 0.240 e. The molecule has 4 heteroatoms. The lowest BCUT2D eigenvalue weighted by Crippen LogP contribution is -2.56. The minimum Gasteiger partial charge on any atom is -0.333 e. The van der Waals surface area contributed by atoms with Crippen LogP contribution in [0.5, 0.6) is 0 Å². The maximum atomic E-state index is 13.5. The topological polar surface area (TPSA) is 32.3 Å². The van der Waals surface area contributed by atoms with E-state index >= 15 is 0 Å². The first kappa shape index (κ1) is 17.4. The van der Waals surface area contributed by atoms with E-state index in [0.29, 0.717) is 13.1 Å². The highest BCUT2D eigenvalue weighted by Gasteiger charge is 2.42. The molecular formula is C20H29FN2O. The van der Waals surface area contributed by atoms with E-state index < -0.39 is 0 Å². The summed E-state index contributed by atoms with van der Waals surface area (Å²) in [5.41, 5.74) is 2.03. The van der Waals surface area contributed by atoms with Gasteiger partial charge in [0.1, 0.15) is 5.82 Å². The van der Waals surface area contributed by atoms with Gasteiger partial charge in [-0.3, -0.25) is 4.79 Å². The predicted octanol–water partition coefficient (Wildman–Crippen LogP) is 4.00. The molecule has 0 aromatic heterocycles. The first-order valence-corrected chi connectivity index (χ1v) is 9.21. The molecule has 3 rings (SSSR count). The zero-order valence-corrected chi connectivity index (χ0v) is 15.1. The molecule has 1 aliphatic heterocycles. The number of rotatable bonds is 4. The quantitative estimate of drug-likeness (QED) is 0.904. The number of hydrogen-bond donors (Lipinski definition) is 1. The van der Waals surface area contributed by atoms with Gasteiger partial charge in [-0.05, 0) is 41.5 Å². The van der Waals surface area contributed by atoms with E-state index in [0.717, 1.165) is 24.0 Å². The smallest absolute Gasteiger partial charge is 0.240 e. The average molecular weight is 332 g/mol. The molecule has 1 atom stereocenters. The van der Waals surface area contributed by atoms with Crippen molar-refractivity contribution >= 4 is 5.91 Å². The van der Waals surface area contributed by atoms with Crippen molar-refractivity contribution < 1.29 is 9.18 Å². The van der Waals surface area contributed by atoms with Crippen molar-refractivity contribution in [2.45, 2.75) is 78.0 Å². The monoisotopic (exact) mass is 332 g/mol. The fraction of sp³-hybridized carbons (Fsp3) is 0.650. The normalized spacial score (nSPS) is 21.0. The molecule has 1 unspecified atom stereocenters. The number of benzene rings is 1. The van der Waals surface area contributed by atoms with E-state index in [-0.39, 0.29) is 29.2 Å². The standard InChI is InChI=1S/C20H29FN2O/c1-14(2)22-18(20(3)9-5-4-6-10-20)19(24)23-12-15-7-8-17(21)11-16(15)13-23/h7-8,11,14,18,22H,4-6,9-10,12-13H2,1-3H3. The summed E-state index contributed by atoms with van der Waals surface area (Å²) in [6.45, 7) is 7.58. The summed E-state index contributed by atoms with van der Waals surface area (Å²) in [5, 5.41) is 3.54. The third-order valence-corrected chi connectivity index (χ3v) is 5.64. The van der Waals surface area contributed by atoms with Crippen molar-refractivity contribution in [2.75, 3.05) is 0 Å². The van der Waals surface area contributed by atoms with Crippen molar-refractivity contribution in [3.8, 4) is 0 Å². The largest absolute Gasteiger partial charge is 0.333 e. The van der Waals surface area contributed by atoms with Gasteiger partial charge in [0.25, 0.3) is 0 Å². The summed E-state index contributed by atoms with van der Waals surface area (Å²) in [5.74, 6) is -0.0520. The van der Waals surface area contributed by atoms with Gasteiger partial charge in [0, 0.05) is 19.1 Å². The van der Waals surface area contributed by atoms with Crippen LogP contribution in [0.3, 0.4) is 0 Å². The number of amides is 1. The van der Waals surface area contributed by atoms with Crippen LogP contribution in [0.1, 0.15) is 64.0 Å². The Morgan fingerprint density at radius 1 is 1.17 bits per heavy atom. The molecule has 1 saturated carbocycles. The number of nitrogens with zero attached hydrogens (tertiary/aromatic N) is 1. The summed E-state index contributed by atoms with van der Waals surface area (Å²) >= 11 is 0. The fourth-order valence-corrected chi connectivity index (χ4v) is 4.25. The minimum atomic E-state index is -0.223. The van der Waals surface area contributed by atoms with Crippen molar-refractivity contribution in [3.63, 3.8) is 0 Å². The van der Waals surface area contributed by atoms with Crippen molar-refractivity contribution in [3.05, 3.63) is 35.1 Å². The summed E-state index contributed by atoms with van der Waals surface area (Å²) < 4.78 is 13.5. The molecular weight excluding hydrogens is 303 g/mol. The Kier molecular flexibility index (Phi) is 4.95. The van der Waals surface area contributed by atoms with Gasteiger partial charge in [-0.25, -0.2) is 4.39 Å². The molecule has 0 saturated heterocycles. The molecule has 24 heavy (non-hydrogen) atoms. The molecule has 132 valence electrons. The van der Waals surface area contributed by atoms with Gasteiger partial charge in [0.05, 0.1) is 6.04 Å². The van der Waals surface area contributed by atoms with Gasteiger partial charge in [0.2, 0.25) is 5.91 Å². The van der Waals surface area contributed by atoms with Gasteiger partial charge in [-0.1, -0.05) is 46.1 Å². The van der Waals surface area contributed by atoms with Gasteiger partial charge in [-0.15, -0.1) is 0 Å². The second kappa shape index (κ2) is 6.83. The van der Waals surface area contributed by atoms with Crippen LogP contribution in [-0.4, -0.2) is 22.9 Å². The highest BCUT2D eigenvalue weighted by Crippen LogP contribution is 2.40. The molecule has 2 aliphatic rings.